The summed E-state index contributed by atoms with van der Waals surface area (Å²) in [5.41, 5.74) is 1.07. The van der Waals surface area contributed by atoms with Crippen molar-refractivity contribution in [2.45, 2.75) is 148 Å². The van der Waals surface area contributed by atoms with Gasteiger partial charge in [0.15, 0.2) is 6.29 Å². The largest absolute Gasteiger partial charge is 0.474 e. The quantitative estimate of drug-likeness (QED) is 0.148. The lowest BCUT2D eigenvalue weighted by Gasteiger charge is -2.58. The van der Waals surface area contributed by atoms with Gasteiger partial charge >= 0.3 is 7.82 Å². The van der Waals surface area contributed by atoms with Gasteiger partial charge in [0.05, 0.1) is 18.3 Å². The second-order valence-electron chi connectivity index (χ2n) is 15.9. The van der Waals surface area contributed by atoms with Crippen molar-refractivity contribution in [1.29, 1.82) is 0 Å². The highest BCUT2D eigenvalue weighted by atomic mass is 31.2. The van der Waals surface area contributed by atoms with E-state index in [2.05, 4.69) is 26.8 Å². The summed E-state index contributed by atoms with van der Waals surface area (Å²) in [6, 6.07) is 0. The second-order valence-corrected chi connectivity index (χ2v) is 17.3. The molecule has 0 radical (unpaired) electrons. The maximum Gasteiger partial charge on any atom is 0.474 e. The van der Waals surface area contributed by atoms with Gasteiger partial charge < -0.3 is 35.2 Å². The molecule has 1 unspecified atom stereocenters. The van der Waals surface area contributed by atoms with E-state index >= 15 is 0 Å². The third kappa shape index (κ3) is 6.78. The van der Waals surface area contributed by atoms with E-state index in [-0.39, 0.29) is 5.41 Å². The van der Waals surface area contributed by atoms with Gasteiger partial charge in [-0.15, -0.1) is 0 Å². The van der Waals surface area contributed by atoms with Crippen LogP contribution in [0.25, 0.3) is 0 Å². The minimum absolute atomic E-state index is 0.0259. The Labute approximate surface area is 262 Å². The van der Waals surface area contributed by atoms with Gasteiger partial charge in [0.2, 0.25) is 0 Å². The zero-order chi connectivity index (χ0) is 32.2. The summed E-state index contributed by atoms with van der Waals surface area (Å²) in [7, 11) is -4.71. The first kappa shape index (κ1) is 34.9. The Balaban J connectivity index is 1.21. The Morgan fingerprint density at radius 1 is 1.05 bits per heavy atom. The average Bonchev–Trinajstić information content (AvgIpc) is 3.30. The van der Waals surface area contributed by atoms with Crippen molar-refractivity contribution in [3.8, 4) is 0 Å². The molecular formula is C33H57O10P. The Morgan fingerprint density at radius 3 is 2.45 bits per heavy atom. The number of allylic oxidation sites excluding steroid dienone is 1. The highest BCUT2D eigenvalue weighted by Gasteiger charge is 2.59. The zero-order valence-corrected chi connectivity index (χ0v) is 28.1. The van der Waals surface area contributed by atoms with Gasteiger partial charge in [-0.2, -0.15) is 0 Å². The fourth-order valence-electron chi connectivity index (χ4n) is 10.2. The fraction of sp³-hybridized carbons (Fsp3) is 0.939. The van der Waals surface area contributed by atoms with Gasteiger partial charge in [0.1, 0.15) is 24.4 Å². The van der Waals surface area contributed by atoms with Gasteiger partial charge in [-0.25, -0.2) is 4.57 Å². The maximum atomic E-state index is 13.0. The van der Waals surface area contributed by atoms with E-state index < -0.39 is 56.8 Å². The van der Waals surface area contributed by atoms with Crippen LogP contribution in [0.4, 0.5) is 0 Å². The zero-order valence-electron chi connectivity index (χ0n) is 27.2. The molecule has 11 heteroatoms. The predicted octanol–water partition coefficient (Wildman–Crippen LogP) is 4.44. The lowest BCUT2D eigenvalue weighted by atomic mass is 9.47. The van der Waals surface area contributed by atoms with Crippen LogP contribution >= 0.6 is 7.82 Å². The van der Waals surface area contributed by atoms with Crippen LogP contribution in [0.15, 0.2) is 11.6 Å². The molecule has 14 atom stereocenters. The minimum Gasteiger partial charge on any atom is -0.394 e. The molecule has 254 valence electrons. The van der Waals surface area contributed by atoms with E-state index in [9.17, 15) is 35.0 Å². The number of fused-ring (bicyclic) bond motifs is 5. The minimum atomic E-state index is -4.71. The van der Waals surface area contributed by atoms with Crippen LogP contribution in [-0.2, 0) is 18.3 Å². The van der Waals surface area contributed by atoms with Crippen LogP contribution in [0.3, 0.4) is 0 Å². The van der Waals surface area contributed by atoms with Gasteiger partial charge in [0.25, 0.3) is 0 Å². The molecule has 1 saturated heterocycles. The Hall–Kier alpha value is -0.390. The number of hydrogen-bond donors (Lipinski definition) is 6. The third-order valence-electron chi connectivity index (χ3n) is 12.6. The van der Waals surface area contributed by atoms with Gasteiger partial charge in [0, 0.05) is 0 Å². The predicted molar refractivity (Wildman–Crippen MR) is 164 cm³/mol. The highest BCUT2D eigenvalue weighted by Crippen LogP contribution is 2.67. The van der Waals surface area contributed by atoms with Gasteiger partial charge in [-0.3, -0.25) is 9.05 Å². The van der Waals surface area contributed by atoms with Crippen molar-refractivity contribution in [1.82, 2.24) is 0 Å². The molecule has 1 aliphatic heterocycles. The molecule has 3 saturated carbocycles. The highest BCUT2D eigenvalue weighted by molar-refractivity contribution is 7.47. The maximum absolute atomic E-state index is 13.0. The van der Waals surface area contributed by atoms with Crippen molar-refractivity contribution in [2.75, 3.05) is 6.61 Å². The molecular weight excluding hydrogens is 587 g/mol. The number of hydrogen-bond acceptors (Lipinski definition) is 9. The van der Waals surface area contributed by atoms with E-state index in [0.29, 0.717) is 41.9 Å². The summed E-state index contributed by atoms with van der Waals surface area (Å²) in [5, 5.41) is 49.8. The molecule has 0 amide bonds. The number of rotatable bonds is 10. The number of aliphatic hydroxyl groups is 5. The van der Waals surface area contributed by atoms with E-state index in [1.54, 1.807) is 0 Å². The van der Waals surface area contributed by atoms with Crippen LogP contribution in [0.2, 0.25) is 0 Å². The molecule has 0 aromatic carbocycles. The topological polar surface area (TPSA) is 166 Å². The summed E-state index contributed by atoms with van der Waals surface area (Å²) in [4.78, 5) is 10.6. The van der Waals surface area contributed by atoms with E-state index in [0.717, 1.165) is 31.6 Å². The lowest BCUT2D eigenvalue weighted by molar-refractivity contribution is -0.281. The number of ether oxygens (including phenoxy) is 1. The number of aliphatic hydroxyl groups excluding tert-OH is 4. The molecule has 6 N–H and O–H groups in total. The van der Waals surface area contributed by atoms with Crippen molar-refractivity contribution in [3.63, 3.8) is 0 Å². The van der Waals surface area contributed by atoms with Gasteiger partial charge in [-0.1, -0.05) is 45.3 Å². The van der Waals surface area contributed by atoms with Crippen molar-refractivity contribution < 1.29 is 48.8 Å². The average molecular weight is 645 g/mol. The van der Waals surface area contributed by atoms with Gasteiger partial charge in [-0.05, 0) is 112 Å². The number of phosphoric acid groups is 1. The van der Waals surface area contributed by atoms with E-state index in [1.165, 1.54) is 37.7 Å². The number of phosphoric ester groups is 1. The van der Waals surface area contributed by atoms with Crippen LogP contribution in [0.1, 0.15) is 105 Å². The Morgan fingerprint density at radius 2 is 1.77 bits per heavy atom. The first-order chi connectivity index (χ1) is 20.5. The SMILES string of the molecule is C[C@H](CCCC(C)(C)O)[C@H]1CC[C@H]2[C@@H]3CC=C4C[C@@H](OP(=O)(O)O[C@H]5O[C@H](CO)[C@H](O)[C@H](O)[C@H]5O)CC[C@]4(C)[C@H]3CC[C@]12C. The van der Waals surface area contributed by atoms with Crippen LogP contribution in [0, 0.1) is 40.4 Å². The molecule has 0 aromatic rings. The van der Waals surface area contributed by atoms with Crippen LogP contribution in [0.5, 0.6) is 0 Å². The first-order valence-corrected chi connectivity index (χ1v) is 18.4. The molecule has 10 nitrogen and oxygen atoms in total. The molecule has 0 bridgehead atoms. The van der Waals surface area contributed by atoms with Crippen LogP contribution < -0.4 is 0 Å². The van der Waals surface area contributed by atoms with E-state index in [1.807, 2.05) is 13.8 Å². The molecule has 0 aromatic heterocycles. The summed E-state index contributed by atoms with van der Waals surface area (Å²) in [5.74, 6) is 3.31. The lowest BCUT2D eigenvalue weighted by Crippen LogP contribution is -2.59. The molecule has 4 fully saturated rings. The van der Waals surface area contributed by atoms with Crippen molar-refractivity contribution >= 4 is 7.82 Å². The Bertz CT molecular complexity index is 1090. The van der Waals surface area contributed by atoms with Crippen molar-refractivity contribution in [2.24, 2.45) is 40.4 Å². The first-order valence-electron chi connectivity index (χ1n) is 16.9. The smallest absolute Gasteiger partial charge is 0.394 e. The molecule has 5 aliphatic rings. The molecule has 0 spiro atoms. The molecule has 44 heavy (non-hydrogen) atoms. The monoisotopic (exact) mass is 644 g/mol. The second kappa shape index (κ2) is 12.9. The summed E-state index contributed by atoms with van der Waals surface area (Å²) >= 11 is 0. The standard InChI is InChI=1S/C33H57O10P/c1-19(7-6-14-31(2,3)38)23-10-11-24-22-9-8-20-17-21(12-15-32(20,4)25(22)13-16-33(23,24)5)42-44(39,40)43-30-29(37)28(36)27(35)26(18-34)41-30/h8,19,21-30,34-38H,6-7,9-18H2,1-5H3,(H,39,40)/t19-,21+,22+,23-,24+,25+,26-,27+,28+,29-,30-,32+,33-/m1/s1. The Kier molecular flexibility index (Phi) is 10.2. The normalized spacial score (nSPS) is 46.3. The van der Waals surface area contributed by atoms with Crippen molar-refractivity contribution in [3.05, 3.63) is 11.6 Å². The fourth-order valence-corrected chi connectivity index (χ4v) is 11.3. The molecule has 4 aliphatic carbocycles. The summed E-state index contributed by atoms with van der Waals surface area (Å²) in [6.07, 6.45) is 4.87. The summed E-state index contributed by atoms with van der Waals surface area (Å²) in [6.45, 7) is 10.5. The van der Waals surface area contributed by atoms with Crippen LogP contribution in [-0.4, -0.2) is 79.4 Å². The van der Waals surface area contributed by atoms with E-state index in [4.69, 9.17) is 13.8 Å². The summed E-state index contributed by atoms with van der Waals surface area (Å²) < 4.78 is 29.0. The molecule has 1 heterocycles. The third-order valence-corrected chi connectivity index (χ3v) is 13.7. The molecule has 5 rings (SSSR count).